The third kappa shape index (κ3) is 11.8. The van der Waals surface area contributed by atoms with E-state index < -0.39 is 0 Å². The lowest BCUT2D eigenvalue weighted by Gasteiger charge is -2.33. The molecule has 0 aliphatic heterocycles. The van der Waals surface area contributed by atoms with Crippen LogP contribution in [0.5, 0.6) is 0 Å². The number of nitrogens with one attached hydrogen (secondary N) is 2. The van der Waals surface area contributed by atoms with Gasteiger partial charge in [-0.15, -0.1) is 0 Å². The Labute approximate surface area is 156 Å². The third-order valence-electron chi connectivity index (χ3n) is 5.11. The summed E-state index contributed by atoms with van der Waals surface area (Å²) in [5.41, 5.74) is 0.749. The maximum absolute atomic E-state index is 11.8. The molecule has 4 nitrogen and oxygen atoms in total. The normalized spacial score (nSPS) is 14.2. The lowest BCUT2D eigenvalue weighted by Crippen LogP contribution is -2.32. The Morgan fingerprint density at radius 3 is 2.04 bits per heavy atom. The van der Waals surface area contributed by atoms with Crippen molar-refractivity contribution in [1.29, 1.82) is 0 Å². The van der Waals surface area contributed by atoms with E-state index in [0.717, 1.165) is 19.3 Å². The van der Waals surface area contributed by atoms with E-state index in [4.69, 9.17) is 0 Å². The van der Waals surface area contributed by atoms with Gasteiger partial charge in [0.25, 0.3) is 3.91 Å². The molecule has 2 amide bonds. The molecule has 136 valence electrons. The topological polar surface area (TPSA) is 58.2 Å². The van der Waals surface area contributed by atoms with Crippen LogP contribution in [0.2, 0.25) is 0 Å². The maximum Gasteiger partial charge on any atom is 0.280 e. The van der Waals surface area contributed by atoms with Gasteiger partial charge in [0.15, 0.2) is 0 Å². The van der Waals surface area contributed by atoms with Crippen LogP contribution in [0.4, 0.5) is 4.79 Å². The van der Waals surface area contributed by atoms with Crippen LogP contribution in [-0.4, -0.2) is 22.9 Å². The minimum Gasteiger partial charge on any atom is -0.354 e. The lowest BCUT2D eigenvalue weighted by atomic mass is 9.73. The standard InChI is InChI=1S/C18H35IN2O2/c1-6-17(3,4)11-12-18(5,7-2)10-8-9-15(22)20-13-14-21-16(19)23/h6-14H2,1-5H3,(H,20,22)(H,21,23). The van der Waals surface area contributed by atoms with Gasteiger partial charge < -0.3 is 10.6 Å². The van der Waals surface area contributed by atoms with Gasteiger partial charge in [-0.3, -0.25) is 9.59 Å². The summed E-state index contributed by atoms with van der Waals surface area (Å²) in [4.78, 5) is 22.5. The van der Waals surface area contributed by atoms with Gasteiger partial charge in [0.05, 0.1) is 0 Å². The van der Waals surface area contributed by atoms with E-state index in [2.05, 4.69) is 45.3 Å². The van der Waals surface area contributed by atoms with Gasteiger partial charge in [-0.1, -0.05) is 47.5 Å². The summed E-state index contributed by atoms with van der Waals surface area (Å²) in [5.74, 6) is 0.0834. The molecule has 23 heavy (non-hydrogen) atoms. The van der Waals surface area contributed by atoms with Crippen molar-refractivity contribution < 1.29 is 9.59 Å². The molecule has 0 rings (SSSR count). The molecule has 0 aliphatic rings. The number of amides is 2. The average Bonchev–Trinajstić information content (AvgIpc) is 2.49. The Hall–Kier alpha value is -0.330. The fourth-order valence-corrected chi connectivity index (χ4v) is 2.69. The van der Waals surface area contributed by atoms with Crippen molar-refractivity contribution in [2.45, 2.75) is 79.6 Å². The van der Waals surface area contributed by atoms with Crippen LogP contribution in [-0.2, 0) is 4.79 Å². The van der Waals surface area contributed by atoms with E-state index in [1.54, 1.807) is 22.6 Å². The molecule has 1 atom stereocenters. The number of hydrogen-bond acceptors (Lipinski definition) is 2. The molecular weight excluding hydrogens is 403 g/mol. The number of rotatable bonds is 12. The minimum absolute atomic E-state index is 0.0834. The Morgan fingerprint density at radius 1 is 0.913 bits per heavy atom. The highest BCUT2D eigenvalue weighted by molar-refractivity contribution is 14.1. The Balaban J connectivity index is 4.01. The van der Waals surface area contributed by atoms with E-state index >= 15 is 0 Å². The molecule has 0 saturated carbocycles. The first-order valence-corrected chi connectivity index (χ1v) is 9.92. The molecular formula is C18H35IN2O2. The molecule has 0 aromatic carbocycles. The molecule has 0 aromatic heterocycles. The van der Waals surface area contributed by atoms with Gasteiger partial charge >= 0.3 is 0 Å². The highest BCUT2D eigenvalue weighted by atomic mass is 127. The zero-order valence-electron chi connectivity index (χ0n) is 15.6. The summed E-state index contributed by atoms with van der Waals surface area (Å²) in [6, 6.07) is 0. The Bertz CT molecular complexity index is 372. The second kappa shape index (κ2) is 11.3. The number of carbonyl (C=O) groups is 2. The number of halogens is 1. The zero-order valence-corrected chi connectivity index (χ0v) is 17.7. The predicted molar refractivity (Wildman–Crippen MR) is 106 cm³/mol. The van der Waals surface area contributed by atoms with Crippen LogP contribution < -0.4 is 10.6 Å². The monoisotopic (exact) mass is 438 g/mol. The number of hydrogen-bond donors (Lipinski definition) is 2. The number of carbonyl (C=O) groups excluding carboxylic acids is 2. The van der Waals surface area contributed by atoms with Crippen molar-refractivity contribution >= 4 is 32.4 Å². The van der Waals surface area contributed by atoms with E-state index in [9.17, 15) is 9.59 Å². The van der Waals surface area contributed by atoms with Crippen molar-refractivity contribution in [3.05, 3.63) is 0 Å². The van der Waals surface area contributed by atoms with Gasteiger partial charge in [0.2, 0.25) is 5.91 Å². The fraction of sp³-hybridized carbons (Fsp3) is 0.889. The van der Waals surface area contributed by atoms with Gasteiger partial charge in [-0.05, 0) is 36.5 Å². The van der Waals surface area contributed by atoms with Crippen LogP contribution in [0.25, 0.3) is 0 Å². The summed E-state index contributed by atoms with van der Waals surface area (Å²) in [5, 5.41) is 5.51. The highest BCUT2D eigenvalue weighted by Gasteiger charge is 2.25. The molecule has 0 spiro atoms. The molecule has 0 bridgehead atoms. The first-order valence-electron chi connectivity index (χ1n) is 8.84. The maximum atomic E-state index is 11.8. The van der Waals surface area contributed by atoms with Crippen molar-refractivity contribution in [3.8, 4) is 0 Å². The lowest BCUT2D eigenvalue weighted by molar-refractivity contribution is -0.121. The Kier molecular flexibility index (Phi) is 11.1. The fourth-order valence-electron chi connectivity index (χ4n) is 2.42. The molecule has 0 saturated heterocycles. The second-order valence-corrected chi connectivity index (χ2v) is 8.57. The van der Waals surface area contributed by atoms with E-state index in [1.165, 1.54) is 19.3 Å². The summed E-state index contributed by atoms with van der Waals surface area (Å²) in [6.07, 6.45) is 7.45. The smallest absolute Gasteiger partial charge is 0.280 e. The molecule has 2 N–H and O–H groups in total. The van der Waals surface area contributed by atoms with Crippen molar-refractivity contribution in [1.82, 2.24) is 10.6 Å². The summed E-state index contributed by atoms with van der Waals surface area (Å²) < 4.78 is -0.0921. The van der Waals surface area contributed by atoms with E-state index in [-0.39, 0.29) is 9.82 Å². The SMILES string of the molecule is CCC(C)(C)CCC(C)(CC)CCCC(=O)NCCNC(=O)I. The van der Waals surface area contributed by atoms with Crippen molar-refractivity contribution in [2.24, 2.45) is 10.8 Å². The van der Waals surface area contributed by atoms with Crippen LogP contribution >= 0.6 is 22.6 Å². The molecule has 5 heteroatoms. The van der Waals surface area contributed by atoms with Crippen LogP contribution in [0.15, 0.2) is 0 Å². The zero-order chi connectivity index (χ0) is 17.9. The molecule has 0 heterocycles. The molecule has 0 aromatic rings. The first-order chi connectivity index (χ1) is 10.6. The third-order valence-corrected chi connectivity index (χ3v) is 5.49. The summed E-state index contributed by atoms with van der Waals surface area (Å²) in [7, 11) is 0. The van der Waals surface area contributed by atoms with Crippen LogP contribution in [0, 0.1) is 10.8 Å². The van der Waals surface area contributed by atoms with Gasteiger partial charge in [0, 0.05) is 42.1 Å². The van der Waals surface area contributed by atoms with Gasteiger partial charge in [-0.25, -0.2) is 0 Å². The largest absolute Gasteiger partial charge is 0.354 e. The van der Waals surface area contributed by atoms with Crippen LogP contribution in [0.1, 0.15) is 79.6 Å². The summed E-state index contributed by atoms with van der Waals surface area (Å²) in [6.45, 7) is 12.5. The highest BCUT2D eigenvalue weighted by Crippen LogP contribution is 2.38. The van der Waals surface area contributed by atoms with Gasteiger partial charge in [-0.2, -0.15) is 0 Å². The predicted octanol–water partition coefficient (Wildman–Crippen LogP) is 5.05. The van der Waals surface area contributed by atoms with Crippen molar-refractivity contribution in [3.63, 3.8) is 0 Å². The molecule has 1 unspecified atom stereocenters. The molecule has 0 aliphatic carbocycles. The summed E-state index contributed by atoms with van der Waals surface area (Å²) >= 11 is 1.69. The molecule has 0 fully saturated rings. The Morgan fingerprint density at radius 2 is 1.52 bits per heavy atom. The minimum atomic E-state index is -0.0921. The van der Waals surface area contributed by atoms with Gasteiger partial charge in [0.1, 0.15) is 0 Å². The van der Waals surface area contributed by atoms with E-state index in [1.807, 2.05) is 0 Å². The first kappa shape index (κ1) is 22.7. The molecule has 0 radical (unpaired) electrons. The quantitative estimate of drug-likeness (QED) is 0.194. The van der Waals surface area contributed by atoms with Crippen LogP contribution in [0.3, 0.4) is 0 Å². The van der Waals surface area contributed by atoms with Crippen molar-refractivity contribution in [2.75, 3.05) is 13.1 Å². The second-order valence-electron chi connectivity index (χ2n) is 7.59. The van der Waals surface area contributed by atoms with E-state index in [0.29, 0.717) is 30.3 Å². The average molecular weight is 438 g/mol.